The van der Waals surface area contributed by atoms with Crippen LogP contribution in [0, 0.1) is 16.2 Å². The van der Waals surface area contributed by atoms with E-state index in [0.29, 0.717) is 0 Å². The fourth-order valence-corrected chi connectivity index (χ4v) is 0.711. The summed E-state index contributed by atoms with van der Waals surface area (Å²) < 4.78 is 0. The highest BCUT2D eigenvalue weighted by Crippen LogP contribution is 2.17. The molecule has 0 fully saturated rings. The molecule has 5 heteroatoms. The van der Waals surface area contributed by atoms with Crippen LogP contribution >= 0.6 is 11.6 Å². The molecule has 0 atom stereocenters. The summed E-state index contributed by atoms with van der Waals surface area (Å²) in [5, 5.41) is 11.1. The summed E-state index contributed by atoms with van der Waals surface area (Å²) in [4.78, 5) is 13.5. The molecule has 0 aliphatic heterocycles. The maximum absolute atomic E-state index is 9.94. The van der Waals surface area contributed by atoms with Crippen LogP contribution in [0.5, 0.6) is 0 Å². The molecule has 1 aromatic heterocycles. The highest BCUT2D eigenvalue weighted by molar-refractivity contribution is 6.30. The fraction of sp³-hybridized carbons (Fsp3) is 0. The minimum Gasteiger partial charge on any atom is -0.241 e. The Morgan fingerprint density at radius 2 is 2.45 bits per heavy atom. The van der Waals surface area contributed by atoms with Gasteiger partial charge in [0.25, 0.3) is 0 Å². The maximum atomic E-state index is 9.94. The molecule has 0 aliphatic rings. The van der Waals surface area contributed by atoms with Crippen LogP contribution in [0.3, 0.4) is 0 Å². The van der Waals surface area contributed by atoms with Crippen LogP contribution in [0.25, 0.3) is 0 Å². The average molecular weight is 168 g/mol. The highest BCUT2D eigenvalue weighted by Gasteiger charge is 2.01. The Hall–Kier alpha value is -1.47. The van der Waals surface area contributed by atoms with Gasteiger partial charge in [-0.2, -0.15) is 5.26 Å². The summed E-state index contributed by atoms with van der Waals surface area (Å²) in [6.45, 7) is 0. The van der Waals surface area contributed by atoms with Gasteiger partial charge < -0.3 is 0 Å². The zero-order valence-electron chi connectivity index (χ0n) is 5.28. The number of rotatable bonds is 1. The van der Waals surface area contributed by atoms with E-state index in [2.05, 4.69) is 10.2 Å². The molecule has 0 aliphatic carbocycles. The first-order valence-electron chi connectivity index (χ1n) is 2.67. The van der Waals surface area contributed by atoms with Gasteiger partial charge in [-0.3, -0.25) is 0 Å². The topological polar surface area (TPSA) is 66.1 Å². The fourth-order valence-electron chi connectivity index (χ4n) is 0.565. The molecule has 0 aromatic carbocycles. The van der Waals surface area contributed by atoms with Gasteiger partial charge in [0, 0.05) is 0 Å². The van der Waals surface area contributed by atoms with E-state index in [1.807, 2.05) is 0 Å². The monoisotopic (exact) mass is 167 g/mol. The smallest absolute Gasteiger partial charge is 0.146 e. The lowest BCUT2D eigenvalue weighted by molar-refractivity contribution is 1.28. The van der Waals surface area contributed by atoms with E-state index < -0.39 is 0 Å². The largest absolute Gasteiger partial charge is 0.241 e. The molecule has 0 saturated heterocycles. The van der Waals surface area contributed by atoms with Gasteiger partial charge in [-0.15, -0.1) is 4.91 Å². The number of hydrogen-bond acceptors (Lipinski definition) is 4. The van der Waals surface area contributed by atoms with E-state index in [0.717, 1.165) is 0 Å². The lowest BCUT2D eigenvalue weighted by Gasteiger charge is -1.91. The summed E-state index contributed by atoms with van der Waals surface area (Å²) in [6.07, 6.45) is 1.20. The third-order valence-corrected chi connectivity index (χ3v) is 1.35. The number of nitroso groups, excluding NO2 is 1. The van der Waals surface area contributed by atoms with E-state index in [-0.39, 0.29) is 16.4 Å². The quantitative estimate of drug-likeness (QED) is 0.475. The number of aromatic nitrogens is 1. The Morgan fingerprint density at radius 1 is 1.73 bits per heavy atom. The first-order valence-corrected chi connectivity index (χ1v) is 3.04. The molecule has 4 nitrogen and oxygen atoms in total. The van der Waals surface area contributed by atoms with Crippen molar-refractivity contribution >= 4 is 17.3 Å². The number of hydrogen-bond donors (Lipinski definition) is 0. The molecule has 1 aromatic rings. The van der Waals surface area contributed by atoms with E-state index in [1.165, 1.54) is 12.3 Å². The van der Waals surface area contributed by atoms with Crippen LogP contribution in [0.1, 0.15) is 5.56 Å². The Bertz CT molecular complexity index is 331. The zero-order chi connectivity index (χ0) is 8.27. The van der Waals surface area contributed by atoms with Gasteiger partial charge in [-0.25, -0.2) is 4.98 Å². The van der Waals surface area contributed by atoms with Gasteiger partial charge in [0.15, 0.2) is 0 Å². The van der Waals surface area contributed by atoms with Crippen molar-refractivity contribution in [1.82, 2.24) is 4.98 Å². The lowest BCUT2D eigenvalue weighted by Crippen LogP contribution is -1.80. The number of pyridine rings is 1. The van der Waals surface area contributed by atoms with Crippen molar-refractivity contribution in [2.75, 3.05) is 0 Å². The van der Waals surface area contributed by atoms with Crippen molar-refractivity contribution in [3.8, 4) is 6.07 Å². The summed E-state index contributed by atoms with van der Waals surface area (Å²) in [6, 6.07) is 3.06. The van der Waals surface area contributed by atoms with Crippen LogP contribution < -0.4 is 0 Å². The summed E-state index contributed by atoms with van der Waals surface area (Å²) in [5.41, 5.74) is 0.259. The van der Waals surface area contributed by atoms with Crippen molar-refractivity contribution in [2.24, 2.45) is 5.18 Å². The van der Waals surface area contributed by atoms with E-state index in [4.69, 9.17) is 16.9 Å². The zero-order valence-corrected chi connectivity index (χ0v) is 6.04. The van der Waals surface area contributed by atoms with Crippen LogP contribution in [-0.2, 0) is 0 Å². The normalized spacial score (nSPS) is 8.73. The van der Waals surface area contributed by atoms with Crippen molar-refractivity contribution < 1.29 is 0 Å². The Kier molecular flexibility index (Phi) is 2.14. The minimum atomic E-state index is 0.0832. The standard InChI is InChI=1S/C6H2ClN3O/c7-6-4(2-8)1-5(10-11)3-9-6/h1,3H. The van der Waals surface area contributed by atoms with Crippen molar-refractivity contribution in [3.63, 3.8) is 0 Å². The first kappa shape index (κ1) is 7.63. The highest BCUT2D eigenvalue weighted by atomic mass is 35.5. The molecule has 1 rings (SSSR count). The Balaban J connectivity index is 3.25. The predicted octanol–water partition coefficient (Wildman–Crippen LogP) is 2.00. The first-order chi connectivity index (χ1) is 5.27. The van der Waals surface area contributed by atoms with E-state index in [9.17, 15) is 4.91 Å². The van der Waals surface area contributed by atoms with Crippen LogP contribution in [0.4, 0.5) is 5.69 Å². The third-order valence-electron chi connectivity index (χ3n) is 1.05. The van der Waals surface area contributed by atoms with Crippen LogP contribution in [0.15, 0.2) is 17.4 Å². The molecule has 1 heterocycles. The van der Waals surface area contributed by atoms with Crippen LogP contribution in [-0.4, -0.2) is 4.98 Å². The Labute approximate surface area is 67.4 Å². The lowest BCUT2D eigenvalue weighted by atomic mass is 10.3. The van der Waals surface area contributed by atoms with Gasteiger partial charge >= 0.3 is 0 Å². The van der Waals surface area contributed by atoms with Gasteiger partial charge in [-0.05, 0) is 11.2 Å². The average Bonchev–Trinajstić information content (AvgIpc) is 2.05. The molecular formula is C6H2ClN3O. The molecule has 0 amide bonds. The summed E-state index contributed by atoms with van der Waals surface area (Å²) >= 11 is 5.48. The predicted molar refractivity (Wildman–Crippen MR) is 39.4 cm³/mol. The van der Waals surface area contributed by atoms with Crippen LogP contribution in [0.2, 0.25) is 5.15 Å². The molecule has 11 heavy (non-hydrogen) atoms. The van der Waals surface area contributed by atoms with Gasteiger partial charge in [0.2, 0.25) is 0 Å². The maximum Gasteiger partial charge on any atom is 0.146 e. The number of nitriles is 1. The molecule has 0 radical (unpaired) electrons. The second-order valence-electron chi connectivity index (χ2n) is 1.73. The molecule has 54 valence electrons. The van der Waals surface area contributed by atoms with E-state index >= 15 is 0 Å². The minimum absolute atomic E-state index is 0.0832. The third kappa shape index (κ3) is 1.51. The molecule has 0 bridgehead atoms. The van der Waals surface area contributed by atoms with Gasteiger partial charge in [0.1, 0.15) is 16.9 Å². The molecule has 0 saturated carbocycles. The molecular weight excluding hydrogens is 166 g/mol. The van der Waals surface area contributed by atoms with Crippen molar-refractivity contribution in [2.45, 2.75) is 0 Å². The van der Waals surface area contributed by atoms with Gasteiger partial charge in [-0.1, -0.05) is 11.6 Å². The number of halogens is 1. The van der Waals surface area contributed by atoms with Crippen molar-refractivity contribution in [1.29, 1.82) is 5.26 Å². The SMILES string of the molecule is N#Cc1cc(N=O)cnc1Cl. The molecule has 0 spiro atoms. The summed E-state index contributed by atoms with van der Waals surface area (Å²) in [7, 11) is 0. The van der Waals surface area contributed by atoms with Gasteiger partial charge in [0.05, 0.1) is 11.8 Å². The number of nitrogens with zero attached hydrogens (tertiary/aromatic N) is 3. The second-order valence-corrected chi connectivity index (χ2v) is 2.09. The van der Waals surface area contributed by atoms with E-state index in [1.54, 1.807) is 6.07 Å². The molecule has 0 unspecified atom stereocenters. The molecule has 0 N–H and O–H groups in total. The Morgan fingerprint density at radius 3 is 3.00 bits per heavy atom. The summed E-state index contributed by atoms with van der Waals surface area (Å²) in [5.74, 6) is 0. The van der Waals surface area contributed by atoms with Crippen molar-refractivity contribution in [3.05, 3.63) is 27.9 Å². The second kappa shape index (κ2) is 3.08.